The number of carbonyl (C=O) groups is 2. The zero-order valence-electron chi connectivity index (χ0n) is 12.4. The van der Waals surface area contributed by atoms with E-state index < -0.39 is 37.4 Å². The summed E-state index contributed by atoms with van der Waals surface area (Å²) >= 11 is 0. The topological polar surface area (TPSA) is 90.6 Å². The Hall–Kier alpha value is -2.69. The summed E-state index contributed by atoms with van der Waals surface area (Å²) in [7, 11) is 1.11. The Kier molecular flexibility index (Phi) is 6.93. The van der Waals surface area contributed by atoms with Crippen LogP contribution in [0.4, 0.5) is 8.78 Å². The van der Waals surface area contributed by atoms with Crippen molar-refractivity contribution in [1.29, 1.82) is 5.26 Å². The molecule has 6 nitrogen and oxygen atoms in total. The molecule has 1 unspecified atom stereocenters. The van der Waals surface area contributed by atoms with Crippen molar-refractivity contribution in [2.75, 3.05) is 13.7 Å². The first-order valence-electron chi connectivity index (χ1n) is 6.69. The second-order valence-electron chi connectivity index (χ2n) is 4.77. The summed E-state index contributed by atoms with van der Waals surface area (Å²) in [6, 6.07) is 6.70. The predicted molar refractivity (Wildman–Crippen MR) is 76.1 cm³/mol. The number of hydrogen-bond acceptors (Lipinski definition) is 4. The first-order valence-corrected chi connectivity index (χ1v) is 6.69. The number of carboxylic acid groups (broad SMARTS) is 1. The molecule has 0 bridgehead atoms. The third-order valence-corrected chi connectivity index (χ3v) is 3.13. The number of halogens is 2. The summed E-state index contributed by atoms with van der Waals surface area (Å²) in [5.74, 6) is -1.82. The van der Waals surface area contributed by atoms with Gasteiger partial charge in [0.15, 0.2) is 6.61 Å². The van der Waals surface area contributed by atoms with Crippen molar-refractivity contribution >= 4 is 11.9 Å². The van der Waals surface area contributed by atoms with Gasteiger partial charge in [-0.2, -0.15) is 5.26 Å². The van der Waals surface area contributed by atoms with Crippen LogP contribution >= 0.6 is 0 Å². The monoisotopic (exact) mass is 326 g/mol. The van der Waals surface area contributed by atoms with Crippen molar-refractivity contribution in [3.8, 4) is 11.8 Å². The van der Waals surface area contributed by atoms with E-state index in [1.807, 2.05) is 6.07 Å². The van der Waals surface area contributed by atoms with E-state index in [1.54, 1.807) is 24.3 Å². The number of carbonyl (C=O) groups excluding carboxylic acids is 1. The van der Waals surface area contributed by atoms with Crippen LogP contribution in [0.15, 0.2) is 24.3 Å². The molecular formula is C15H16F2N2O4. The molecule has 0 aliphatic heterocycles. The van der Waals surface area contributed by atoms with Gasteiger partial charge in [0.1, 0.15) is 11.8 Å². The van der Waals surface area contributed by atoms with E-state index in [0.29, 0.717) is 10.6 Å². The zero-order chi connectivity index (χ0) is 17.4. The Balaban J connectivity index is 2.60. The smallest absolute Gasteiger partial charge is 0.305 e. The minimum Gasteiger partial charge on any atom is -0.484 e. The lowest BCUT2D eigenvalue weighted by Gasteiger charge is -2.26. The lowest BCUT2D eigenvalue weighted by molar-refractivity contribution is -0.144. The fourth-order valence-corrected chi connectivity index (χ4v) is 1.80. The maximum atomic E-state index is 12.8. The molecular weight excluding hydrogens is 310 g/mol. The molecule has 0 aromatic heterocycles. The minimum atomic E-state index is -2.97. The van der Waals surface area contributed by atoms with Crippen LogP contribution in [-0.4, -0.2) is 48.0 Å². The lowest BCUT2D eigenvalue weighted by Crippen LogP contribution is -2.45. The minimum absolute atomic E-state index is 0.243. The number of hydrogen-bond donors (Lipinski definition) is 1. The molecule has 124 valence electrons. The highest BCUT2D eigenvalue weighted by Gasteiger charge is 2.30. The molecule has 1 rings (SSSR count). The highest BCUT2D eigenvalue weighted by Crippen LogP contribution is 2.15. The third-order valence-electron chi connectivity index (χ3n) is 3.13. The first-order chi connectivity index (χ1) is 10.8. The molecule has 1 aromatic carbocycles. The van der Waals surface area contributed by atoms with Gasteiger partial charge in [0, 0.05) is 7.05 Å². The molecule has 0 saturated carbocycles. The summed E-state index contributed by atoms with van der Waals surface area (Å²) in [5, 5.41) is 17.2. The Morgan fingerprint density at radius 2 is 1.96 bits per heavy atom. The molecule has 0 saturated heterocycles. The fraction of sp³-hybridized carbons (Fsp3) is 0.400. The van der Waals surface area contributed by atoms with Crippen molar-refractivity contribution < 1.29 is 28.2 Å². The molecule has 1 N–H and O–H groups in total. The Bertz CT molecular complexity index is 584. The standard InChI is InChI=1S/C15H16F2N2O4/c1-19(12(15(16)17)8-14(21)22)13(20)9-23-11-4-2-10(3-5-11)6-7-18/h2-5,12,15H,6,8-9H2,1H3,(H,21,22). The number of nitriles is 1. The number of ether oxygens (including phenoxy) is 1. The number of benzene rings is 1. The van der Waals surface area contributed by atoms with E-state index in [1.165, 1.54) is 0 Å². The van der Waals surface area contributed by atoms with Crippen LogP contribution in [0, 0.1) is 11.3 Å². The molecule has 1 atom stereocenters. The number of carboxylic acids is 1. The van der Waals surface area contributed by atoms with Crippen molar-refractivity contribution in [2.24, 2.45) is 0 Å². The van der Waals surface area contributed by atoms with Crippen LogP contribution in [0.25, 0.3) is 0 Å². The summed E-state index contributed by atoms with van der Waals surface area (Å²) < 4.78 is 30.8. The SMILES string of the molecule is CN(C(=O)COc1ccc(CC#N)cc1)C(CC(=O)O)C(F)F. The molecule has 0 radical (unpaired) electrons. The number of rotatable bonds is 8. The molecule has 0 aliphatic rings. The molecule has 0 spiro atoms. The Morgan fingerprint density at radius 3 is 2.43 bits per heavy atom. The van der Waals surface area contributed by atoms with Crippen molar-refractivity contribution in [1.82, 2.24) is 4.90 Å². The molecule has 8 heteroatoms. The maximum absolute atomic E-state index is 12.8. The number of alkyl halides is 2. The van der Waals surface area contributed by atoms with Gasteiger partial charge in [-0.1, -0.05) is 12.1 Å². The average Bonchev–Trinajstić information content (AvgIpc) is 2.50. The normalized spacial score (nSPS) is 11.6. The van der Waals surface area contributed by atoms with Crippen LogP contribution in [0.1, 0.15) is 12.0 Å². The second-order valence-corrected chi connectivity index (χ2v) is 4.77. The number of aliphatic carboxylic acids is 1. The van der Waals surface area contributed by atoms with E-state index in [4.69, 9.17) is 15.1 Å². The van der Waals surface area contributed by atoms with E-state index in [-0.39, 0.29) is 6.42 Å². The Morgan fingerprint density at radius 1 is 1.35 bits per heavy atom. The molecule has 0 fully saturated rings. The zero-order valence-corrected chi connectivity index (χ0v) is 12.4. The van der Waals surface area contributed by atoms with Gasteiger partial charge in [-0.05, 0) is 17.7 Å². The second kappa shape index (κ2) is 8.68. The largest absolute Gasteiger partial charge is 0.484 e. The van der Waals surface area contributed by atoms with Gasteiger partial charge in [-0.15, -0.1) is 0 Å². The van der Waals surface area contributed by atoms with Gasteiger partial charge < -0.3 is 14.7 Å². The lowest BCUT2D eigenvalue weighted by atomic mass is 10.2. The van der Waals surface area contributed by atoms with E-state index >= 15 is 0 Å². The predicted octanol–water partition coefficient (Wildman–Crippen LogP) is 1.70. The quantitative estimate of drug-likeness (QED) is 0.785. The average molecular weight is 326 g/mol. The van der Waals surface area contributed by atoms with Crippen LogP contribution in [-0.2, 0) is 16.0 Å². The van der Waals surface area contributed by atoms with Gasteiger partial charge in [0.2, 0.25) is 0 Å². The number of amides is 1. The van der Waals surface area contributed by atoms with Crippen molar-refractivity contribution in [2.45, 2.75) is 25.3 Å². The molecule has 23 heavy (non-hydrogen) atoms. The molecule has 1 aromatic rings. The molecule has 1 amide bonds. The summed E-state index contributed by atoms with van der Waals surface area (Å²) in [4.78, 5) is 23.1. The van der Waals surface area contributed by atoms with Gasteiger partial charge in [0.05, 0.1) is 18.9 Å². The van der Waals surface area contributed by atoms with Crippen LogP contribution in [0.2, 0.25) is 0 Å². The van der Waals surface area contributed by atoms with Gasteiger partial charge >= 0.3 is 5.97 Å². The number of likely N-dealkylation sites (N-methyl/N-ethyl adjacent to an activating group) is 1. The molecule has 0 heterocycles. The van der Waals surface area contributed by atoms with Crippen molar-refractivity contribution in [3.63, 3.8) is 0 Å². The van der Waals surface area contributed by atoms with Gasteiger partial charge in [-0.25, -0.2) is 8.78 Å². The summed E-state index contributed by atoms with van der Waals surface area (Å²) in [6.07, 6.45) is -3.57. The highest BCUT2D eigenvalue weighted by molar-refractivity contribution is 5.78. The Labute approximate surface area is 131 Å². The van der Waals surface area contributed by atoms with E-state index in [2.05, 4.69) is 0 Å². The maximum Gasteiger partial charge on any atom is 0.305 e. The van der Waals surface area contributed by atoms with E-state index in [9.17, 15) is 18.4 Å². The van der Waals surface area contributed by atoms with Crippen LogP contribution in [0.5, 0.6) is 5.75 Å². The number of nitrogens with zero attached hydrogens (tertiary/aromatic N) is 2. The summed E-state index contributed by atoms with van der Waals surface area (Å²) in [6.45, 7) is -0.489. The molecule has 0 aliphatic carbocycles. The van der Waals surface area contributed by atoms with Gasteiger partial charge in [0.25, 0.3) is 12.3 Å². The van der Waals surface area contributed by atoms with Gasteiger partial charge in [-0.3, -0.25) is 9.59 Å². The first kappa shape index (κ1) is 18.4. The van der Waals surface area contributed by atoms with Crippen LogP contribution < -0.4 is 4.74 Å². The highest BCUT2D eigenvalue weighted by atomic mass is 19.3. The van der Waals surface area contributed by atoms with Crippen molar-refractivity contribution in [3.05, 3.63) is 29.8 Å². The van der Waals surface area contributed by atoms with E-state index in [0.717, 1.165) is 12.6 Å². The fourth-order valence-electron chi connectivity index (χ4n) is 1.80. The third kappa shape index (κ3) is 5.90. The van der Waals surface area contributed by atoms with Crippen LogP contribution in [0.3, 0.4) is 0 Å². The summed E-state index contributed by atoms with van der Waals surface area (Å²) in [5.41, 5.74) is 0.780.